The summed E-state index contributed by atoms with van der Waals surface area (Å²) in [5.41, 5.74) is 6.81. The van der Waals surface area contributed by atoms with E-state index in [1.54, 1.807) is 11.3 Å². The zero-order chi connectivity index (χ0) is 13.2. The van der Waals surface area contributed by atoms with Crippen molar-refractivity contribution in [2.75, 3.05) is 12.8 Å². The van der Waals surface area contributed by atoms with Crippen molar-refractivity contribution >= 4 is 16.5 Å². The fraction of sp³-hybridized carbons (Fsp3) is 0.538. The molecule has 1 aliphatic heterocycles. The van der Waals surface area contributed by atoms with Crippen LogP contribution in [0.1, 0.15) is 29.2 Å². The van der Waals surface area contributed by atoms with Crippen molar-refractivity contribution in [3.63, 3.8) is 0 Å². The number of aromatic nitrogens is 3. The summed E-state index contributed by atoms with van der Waals surface area (Å²) in [4.78, 5) is 12.3. The lowest BCUT2D eigenvalue weighted by Crippen LogP contribution is -2.16. The fourth-order valence-corrected chi connectivity index (χ4v) is 3.31. The third-order valence-electron chi connectivity index (χ3n) is 3.39. The summed E-state index contributed by atoms with van der Waals surface area (Å²) in [6, 6.07) is 0. The number of nitrogens with zero attached hydrogens (tertiary/aromatic N) is 4. The van der Waals surface area contributed by atoms with Gasteiger partial charge in [-0.1, -0.05) is 0 Å². The first-order chi connectivity index (χ1) is 9.20. The number of nitrogen functional groups attached to an aromatic ring is 1. The summed E-state index contributed by atoms with van der Waals surface area (Å²) in [6.45, 7) is 2.87. The lowest BCUT2D eigenvalue weighted by Gasteiger charge is -2.13. The van der Waals surface area contributed by atoms with E-state index < -0.39 is 0 Å². The van der Waals surface area contributed by atoms with Gasteiger partial charge in [-0.05, 0) is 19.9 Å². The van der Waals surface area contributed by atoms with Gasteiger partial charge in [-0.25, -0.2) is 9.97 Å². The number of rotatable bonds is 4. The Bertz CT molecular complexity index is 536. The average molecular weight is 277 g/mol. The van der Waals surface area contributed by atoms with Crippen molar-refractivity contribution in [3.8, 4) is 0 Å². The highest BCUT2D eigenvalue weighted by molar-refractivity contribution is 7.15. The highest BCUT2D eigenvalue weighted by Gasteiger charge is 2.13. The van der Waals surface area contributed by atoms with E-state index in [1.807, 2.05) is 6.20 Å². The van der Waals surface area contributed by atoms with Crippen LogP contribution in [0.4, 0.5) is 5.13 Å². The van der Waals surface area contributed by atoms with Crippen LogP contribution in [0.3, 0.4) is 0 Å². The van der Waals surface area contributed by atoms with Crippen LogP contribution in [0.2, 0.25) is 0 Å². The second-order valence-corrected chi connectivity index (χ2v) is 6.28. The molecule has 0 aliphatic carbocycles. The minimum Gasteiger partial charge on any atom is -0.375 e. The van der Waals surface area contributed by atoms with Crippen molar-refractivity contribution in [2.45, 2.75) is 38.9 Å². The molecule has 1 aliphatic rings. The second-order valence-electron chi connectivity index (χ2n) is 5.14. The van der Waals surface area contributed by atoms with Crippen molar-refractivity contribution in [2.24, 2.45) is 0 Å². The van der Waals surface area contributed by atoms with Gasteiger partial charge in [0.15, 0.2) is 5.13 Å². The molecule has 0 aromatic carbocycles. The molecule has 5 nitrogen and oxygen atoms in total. The molecular weight excluding hydrogens is 258 g/mol. The highest BCUT2D eigenvalue weighted by atomic mass is 32.1. The molecule has 0 bridgehead atoms. The maximum absolute atomic E-state index is 5.65. The van der Waals surface area contributed by atoms with Crippen molar-refractivity contribution in [1.82, 2.24) is 19.4 Å². The molecule has 0 spiro atoms. The number of imidazole rings is 1. The van der Waals surface area contributed by atoms with Gasteiger partial charge in [0.2, 0.25) is 0 Å². The summed E-state index contributed by atoms with van der Waals surface area (Å²) >= 11 is 1.55. The Morgan fingerprint density at radius 3 is 3.05 bits per heavy atom. The summed E-state index contributed by atoms with van der Waals surface area (Å²) in [5, 5.41) is 0.640. The van der Waals surface area contributed by atoms with Crippen LogP contribution in [0, 0.1) is 0 Å². The Morgan fingerprint density at radius 2 is 2.32 bits per heavy atom. The number of thiazole rings is 1. The molecule has 3 rings (SSSR count). The number of aryl methyl sites for hydroxylation is 2. The number of hydrogen-bond donors (Lipinski definition) is 1. The monoisotopic (exact) mass is 277 g/mol. The molecule has 0 amide bonds. The molecule has 0 saturated heterocycles. The first kappa shape index (κ1) is 12.6. The van der Waals surface area contributed by atoms with E-state index in [9.17, 15) is 0 Å². The number of anilines is 1. The molecule has 19 heavy (non-hydrogen) atoms. The molecular formula is C13H19N5S. The quantitative estimate of drug-likeness (QED) is 0.927. The topological polar surface area (TPSA) is 60.0 Å². The first-order valence-corrected chi connectivity index (χ1v) is 7.46. The van der Waals surface area contributed by atoms with E-state index in [0.717, 1.165) is 31.7 Å². The summed E-state index contributed by atoms with van der Waals surface area (Å²) in [7, 11) is 2.11. The average Bonchev–Trinajstić information content (AvgIpc) is 2.94. The Balaban J connectivity index is 1.62. The van der Waals surface area contributed by atoms with Gasteiger partial charge in [0.1, 0.15) is 5.82 Å². The molecule has 0 atom stereocenters. The van der Waals surface area contributed by atoms with Crippen molar-refractivity contribution in [1.29, 1.82) is 0 Å². The van der Waals surface area contributed by atoms with E-state index in [2.05, 4.69) is 27.7 Å². The van der Waals surface area contributed by atoms with Crippen molar-refractivity contribution in [3.05, 3.63) is 28.8 Å². The highest BCUT2D eigenvalue weighted by Crippen LogP contribution is 2.18. The Kier molecular flexibility index (Phi) is 3.52. The Morgan fingerprint density at radius 1 is 1.42 bits per heavy atom. The van der Waals surface area contributed by atoms with Crippen LogP contribution in [0.25, 0.3) is 0 Å². The van der Waals surface area contributed by atoms with Crippen LogP contribution in [0.5, 0.6) is 0 Å². The summed E-state index contributed by atoms with van der Waals surface area (Å²) in [6.07, 6.45) is 7.72. The SMILES string of the molecule is CN(Cc1cn2c(n1)CCCC2)Cc1cnc(N)s1. The van der Waals surface area contributed by atoms with E-state index in [-0.39, 0.29) is 0 Å². The van der Waals surface area contributed by atoms with Crippen LogP contribution < -0.4 is 5.73 Å². The molecule has 0 unspecified atom stereocenters. The predicted molar refractivity (Wildman–Crippen MR) is 76.9 cm³/mol. The van der Waals surface area contributed by atoms with Gasteiger partial charge in [0.25, 0.3) is 0 Å². The number of nitrogens with two attached hydrogens (primary N) is 1. The van der Waals surface area contributed by atoms with Crippen LogP contribution in [-0.4, -0.2) is 26.5 Å². The third kappa shape index (κ3) is 2.96. The predicted octanol–water partition coefficient (Wildman–Crippen LogP) is 1.89. The molecule has 3 heterocycles. The van der Waals surface area contributed by atoms with Gasteiger partial charge < -0.3 is 10.3 Å². The minimum atomic E-state index is 0.640. The number of fused-ring (bicyclic) bond motifs is 1. The standard InChI is InChI=1S/C13H19N5S/c1-17(9-11-6-15-13(14)19-11)7-10-8-18-5-3-2-4-12(18)16-10/h6,8H,2-5,7,9H2,1H3,(H2,14,15). The number of hydrogen-bond acceptors (Lipinski definition) is 5. The van der Waals surface area contributed by atoms with Crippen LogP contribution in [0.15, 0.2) is 12.4 Å². The largest absolute Gasteiger partial charge is 0.375 e. The maximum atomic E-state index is 5.65. The van der Waals surface area contributed by atoms with Crippen molar-refractivity contribution < 1.29 is 0 Å². The molecule has 2 aromatic rings. The molecule has 2 N–H and O–H groups in total. The minimum absolute atomic E-state index is 0.640. The fourth-order valence-electron chi connectivity index (χ4n) is 2.54. The van der Waals surface area contributed by atoms with Gasteiger partial charge >= 0.3 is 0 Å². The summed E-state index contributed by atoms with van der Waals surface area (Å²) in [5.74, 6) is 1.25. The van der Waals surface area contributed by atoms with Gasteiger partial charge in [-0.3, -0.25) is 4.90 Å². The molecule has 6 heteroatoms. The van der Waals surface area contributed by atoms with Gasteiger partial charge in [-0.15, -0.1) is 11.3 Å². The van der Waals surface area contributed by atoms with Crippen LogP contribution >= 0.6 is 11.3 Å². The first-order valence-electron chi connectivity index (χ1n) is 6.64. The second kappa shape index (κ2) is 5.30. The summed E-state index contributed by atoms with van der Waals surface area (Å²) < 4.78 is 2.30. The molecule has 0 saturated carbocycles. The lowest BCUT2D eigenvalue weighted by molar-refractivity contribution is 0.318. The Hall–Kier alpha value is -1.40. The van der Waals surface area contributed by atoms with Gasteiger partial charge in [0.05, 0.1) is 5.69 Å². The zero-order valence-corrected chi connectivity index (χ0v) is 12.0. The van der Waals surface area contributed by atoms with E-state index >= 15 is 0 Å². The normalized spacial score (nSPS) is 14.8. The molecule has 0 fully saturated rings. The van der Waals surface area contributed by atoms with E-state index in [1.165, 1.54) is 23.5 Å². The lowest BCUT2D eigenvalue weighted by atomic mass is 10.2. The Labute approximate surface area is 117 Å². The maximum Gasteiger partial charge on any atom is 0.180 e. The van der Waals surface area contributed by atoms with E-state index in [0.29, 0.717) is 5.13 Å². The third-order valence-corrected chi connectivity index (χ3v) is 4.20. The van der Waals surface area contributed by atoms with E-state index in [4.69, 9.17) is 10.7 Å². The van der Waals surface area contributed by atoms with Gasteiger partial charge in [0, 0.05) is 43.3 Å². The molecule has 102 valence electrons. The van der Waals surface area contributed by atoms with Crippen LogP contribution in [-0.2, 0) is 26.1 Å². The van der Waals surface area contributed by atoms with Gasteiger partial charge in [-0.2, -0.15) is 0 Å². The molecule has 0 radical (unpaired) electrons. The molecule has 2 aromatic heterocycles. The smallest absolute Gasteiger partial charge is 0.180 e. The zero-order valence-electron chi connectivity index (χ0n) is 11.2.